The highest BCUT2D eigenvalue weighted by atomic mass is 19.1. The molecular formula is C28H31FN2O3. The van der Waals surface area contributed by atoms with Crippen molar-refractivity contribution in [3.05, 3.63) is 71.5 Å². The molecule has 3 amide bonds. The number of halogens is 1. The summed E-state index contributed by atoms with van der Waals surface area (Å²) in [5, 5.41) is 0. The van der Waals surface area contributed by atoms with E-state index in [1.54, 1.807) is 23.1 Å². The molecule has 2 aromatic rings. The molecule has 2 aliphatic carbocycles. The molecule has 0 N–H and O–H groups in total. The van der Waals surface area contributed by atoms with E-state index < -0.39 is 17.1 Å². The molecule has 1 saturated heterocycles. The molecule has 0 radical (unpaired) electrons. The summed E-state index contributed by atoms with van der Waals surface area (Å²) < 4.78 is 15.1. The fraction of sp³-hybridized carbons (Fsp3) is 0.464. The van der Waals surface area contributed by atoms with Gasteiger partial charge in [0, 0.05) is 37.5 Å². The summed E-state index contributed by atoms with van der Waals surface area (Å²) in [5.74, 6) is -0.971. The molecular weight excluding hydrogens is 431 g/mol. The van der Waals surface area contributed by atoms with Crippen molar-refractivity contribution in [3.63, 3.8) is 0 Å². The number of hydrogen-bond acceptors (Lipinski definition) is 3. The molecule has 2 aromatic carbocycles. The van der Waals surface area contributed by atoms with Gasteiger partial charge >= 0.3 is 0 Å². The van der Waals surface area contributed by atoms with Gasteiger partial charge in [-0.3, -0.25) is 19.3 Å². The lowest BCUT2D eigenvalue weighted by atomic mass is 9.75. The van der Waals surface area contributed by atoms with E-state index in [4.69, 9.17) is 0 Å². The van der Waals surface area contributed by atoms with Crippen LogP contribution in [0.25, 0.3) is 0 Å². The average Bonchev–Trinajstić information content (AvgIpc) is 3.42. The van der Waals surface area contributed by atoms with Gasteiger partial charge in [0.1, 0.15) is 5.82 Å². The van der Waals surface area contributed by atoms with Crippen LogP contribution in [0.15, 0.2) is 54.6 Å². The summed E-state index contributed by atoms with van der Waals surface area (Å²) in [5.41, 5.74) is -0.313. The third-order valence-corrected chi connectivity index (χ3v) is 7.63. The highest BCUT2D eigenvalue weighted by Gasteiger charge is 2.57. The van der Waals surface area contributed by atoms with Crippen LogP contribution in [0.2, 0.25) is 0 Å². The Morgan fingerprint density at radius 2 is 1.65 bits per heavy atom. The van der Waals surface area contributed by atoms with Crippen molar-refractivity contribution in [2.75, 3.05) is 6.54 Å². The van der Waals surface area contributed by atoms with Gasteiger partial charge in [-0.2, -0.15) is 0 Å². The van der Waals surface area contributed by atoms with Crippen LogP contribution in [0.3, 0.4) is 0 Å². The van der Waals surface area contributed by atoms with Crippen molar-refractivity contribution in [1.82, 2.24) is 9.80 Å². The number of imide groups is 1. The molecule has 1 aliphatic heterocycles. The third-order valence-electron chi connectivity index (χ3n) is 7.63. The van der Waals surface area contributed by atoms with E-state index in [-0.39, 0.29) is 36.3 Å². The van der Waals surface area contributed by atoms with Crippen molar-refractivity contribution in [3.8, 4) is 0 Å². The first-order valence-corrected chi connectivity index (χ1v) is 12.4. The smallest absolute Gasteiger partial charge is 0.241 e. The Morgan fingerprint density at radius 3 is 2.32 bits per heavy atom. The third kappa shape index (κ3) is 4.38. The Bertz CT molecular complexity index is 1080. The largest absolute Gasteiger partial charge is 0.338 e. The van der Waals surface area contributed by atoms with Crippen molar-refractivity contribution in [2.45, 2.75) is 69.4 Å². The van der Waals surface area contributed by atoms with E-state index in [1.165, 1.54) is 11.0 Å². The number of rotatable bonds is 8. The number of likely N-dealkylation sites (tertiary alicyclic amines) is 1. The zero-order chi connectivity index (χ0) is 23.7. The van der Waals surface area contributed by atoms with Gasteiger partial charge in [0.15, 0.2) is 0 Å². The van der Waals surface area contributed by atoms with Crippen LogP contribution >= 0.6 is 0 Å². The van der Waals surface area contributed by atoms with Crippen LogP contribution in [0.5, 0.6) is 0 Å². The van der Waals surface area contributed by atoms with Crippen LogP contribution in [-0.4, -0.2) is 40.1 Å². The number of benzene rings is 2. The topological polar surface area (TPSA) is 57.7 Å². The zero-order valence-electron chi connectivity index (χ0n) is 19.4. The molecule has 0 aromatic heterocycles. The highest BCUT2D eigenvalue weighted by molar-refractivity contribution is 6.11. The number of amides is 3. The fourth-order valence-corrected chi connectivity index (χ4v) is 5.63. The molecule has 6 heteroatoms. The minimum atomic E-state index is -1.49. The lowest BCUT2D eigenvalue weighted by Crippen LogP contribution is -2.46. The number of carbonyl (C=O) groups excluding carboxylic acids is 3. The summed E-state index contributed by atoms with van der Waals surface area (Å²) in [4.78, 5) is 44.0. The molecule has 3 aliphatic rings. The lowest BCUT2D eigenvalue weighted by molar-refractivity contribution is -0.145. The van der Waals surface area contributed by atoms with Crippen LogP contribution < -0.4 is 0 Å². The fourth-order valence-electron chi connectivity index (χ4n) is 5.63. The molecule has 2 saturated carbocycles. The predicted octanol–water partition coefficient (Wildman–Crippen LogP) is 4.59. The van der Waals surface area contributed by atoms with Gasteiger partial charge in [-0.1, -0.05) is 61.4 Å². The normalized spacial score (nSPS) is 23.0. The van der Waals surface area contributed by atoms with Crippen molar-refractivity contribution in [2.24, 2.45) is 5.92 Å². The monoisotopic (exact) mass is 462 g/mol. The van der Waals surface area contributed by atoms with E-state index in [0.29, 0.717) is 19.0 Å². The van der Waals surface area contributed by atoms with Crippen molar-refractivity contribution < 1.29 is 18.8 Å². The summed E-state index contributed by atoms with van der Waals surface area (Å²) in [7, 11) is 0. The minimum Gasteiger partial charge on any atom is -0.338 e. The summed E-state index contributed by atoms with van der Waals surface area (Å²) in [6.07, 6.45) is 5.33. The SMILES string of the molecule is O=C(C[C@]1(c2ccccc2F)CC(=O)N(C2CCCC2)C1=O)N(Cc1ccccc1)CC1CC1. The first kappa shape index (κ1) is 22.8. The molecule has 0 unspecified atom stereocenters. The molecule has 1 heterocycles. The second-order valence-corrected chi connectivity index (χ2v) is 10.1. The van der Waals surface area contributed by atoms with E-state index in [0.717, 1.165) is 44.1 Å². The Hall–Kier alpha value is -3.02. The molecule has 3 fully saturated rings. The maximum Gasteiger partial charge on any atom is 0.241 e. The molecule has 0 bridgehead atoms. The molecule has 5 rings (SSSR count). The average molecular weight is 463 g/mol. The summed E-state index contributed by atoms with van der Waals surface area (Å²) in [6, 6.07) is 15.7. The number of carbonyl (C=O) groups is 3. The van der Waals surface area contributed by atoms with Gasteiger partial charge in [-0.15, -0.1) is 0 Å². The molecule has 34 heavy (non-hydrogen) atoms. The predicted molar refractivity (Wildman–Crippen MR) is 126 cm³/mol. The molecule has 0 spiro atoms. The van der Waals surface area contributed by atoms with Gasteiger partial charge in [0.25, 0.3) is 0 Å². The maximum absolute atomic E-state index is 15.1. The van der Waals surface area contributed by atoms with Gasteiger partial charge < -0.3 is 4.90 Å². The number of hydrogen-bond donors (Lipinski definition) is 0. The second-order valence-electron chi connectivity index (χ2n) is 10.1. The molecule has 5 nitrogen and oxygen atoms in total. The van der Waals surface area contributed by atoms with Gasteiger partial charge in [0.05, 0.1) is 5.41 Å². The maximum atomic E-state index is 15.1. The molecule has 1 atom stereocenters. The van der Waals surface area contributed by atoms with Crippen LogP contribution in [0.4, 0.5) is 4.39 Å². The number of nitrogens with zero attached hydrogens (tertiary/aromatic N) is 2. The van der Waals surface area contributed by atoms with Crippen LogP contribution in [-0.2, 0) is 26.3 Å². The Morgan fingerprint density at radius 1 is 0.971 bits per heavy atom. The van der Waals surface area contributed by atoms with Crippen LogP contribution in [0, 0.1) is 11.7 Å². The lowest BCUT2D eigenvalue weighted by Gasteiger charge is -2.32. The Labute approximate surface area is 199 Å². The van der Waals surface area contributed by atoms with Gasteiger partial charge in [-0.05, 0) is 43.2 Å². The highest BCUT2D eigenvalue weighted by Crippen LogP contribution is 2.44. The standard InChI is InChI=1S/C28H31FN2O3/c29-24-13-7-6-12-23(24)28(17-26(33)31(27(28)34)22-10-4-5-11-22)16-25(32)30(19-21-14-15-21)18-20-8-2-1-3-9-20/h1-3,6-9,12-13,21-22H,4-5,10-11,14-19H2/t28-/m1/s1. The molecule has 178 valence electrons. The van der Waals surface area contributed by atoms with E-state index in [9.17, 15) is 14.4 Å². The van der Waals surface area contributed by atoms with Crippen molar-refractivity contribution in [1.29, 1.82) is 0 Å². The first-order valence-electron chi connectivity index (χ1n) is 12.4. The summed E-state index contributed by atoms with van der Waals surface area (Å²) in [6.45, 7) is 1.06. The minimum absolute atomic E-state index is 0.143. The van der Waals surface area contributed by atoms with E-state index in [1.807, 2.05) is 30.3 Å². The second kappa shape index (κ2) is 9.32. The Kier molecular flexibility index (Phi) is 6.24. The van der Waals surface area contributed by atoms with E-state index >= 15 is 4.39 Å². The van der Waals surface area contributed by atoms with Gasteiger partial charge in [0.2, 0.25) is 17.7 Å². The van der Waals surface area contributed by atoms with Gasteiger partial charge in [-0.25, -0.2) is 4.39 Å². The first-order chi connectivity index (χ1) is 16.5. The zero-order valence-corrected chi connectivity index (χ0v) is 19.4. The Balaban J connectivity index is 1.48. The summed E-state index contributed by atoms with van der Waals surface area (Å²) >= 11 is 0. The van der Waals surface area contributed by atoms with Crippen molar-refractivity contribution >= 4 is 17.7 Å². The van der Waals surface area contributed by atoms with E-state index in [2.05, 4.69) is 0 Å². The quantitative estimate of drug-likeness (QED) is 0.539. The van der Waals surface area contributed by atoms with Crippen LogP contribution in [0.1, 0.15) is 62.5 Å².